The van der Waals surface area contributed by atoms with Crippen molar-refractivity contribution in [2.45, 2.75) is 12.4 Å². The van der Waals surface area contributed by atoms with Crippen LogP contribution in [-0.2, 0) is 9.47 Å². The zero-order valence-electron chi connectivity index (χ0n) is 7.45. The van der Waals surface area contributed by atoms with Gasteiger partial charge in [-0.3, -0.25) is 0 Å². The minimum Gasteiger partial charge on any atom is -0.346 e. The van der Waals surface area contributed by atoms with Gasteiger partial charge in [0.15, 0.2) is 6.29 Å². The summed E-state index contributed by atoms with van der Waals surface area (Å²) in [6, 6.07) is 7.49. The molecule has 0 unspecified atom stereocenters. The Hall–Kier alpha value is -0.280. The first-order chi connectivity index (χ1) is 6.81. The lowest BCUT2D eigenvalue weighted by molar-refractivity contribution is -0.0566. The molecule has 0 N–H and O–H groups in total. The Labute approximate surface area is 92.7 Å². The number of rotatable bonds is 2. The highest BCUT2D eigenvalue weighted by Crippen LogP contribution is 2.31. The van der Waals surface area contributed by atoms with Gasteiger partial charge in [0, 0.05) is 10.6 Å². The molecule has 1 aromatic rings. The molecule has 2 rings (SSSR count). The van der Waals surface area contributed by atoms with Crippen LogP contribution < -0.4 is 0 Å². The van der Waals surface area contributed by atoms with Gasteiger partial charge in [0.05, 0.1) is 18.6 Å². The quantitative estimate of drug-likeness (QED) is 0.731. The van der Waals surface area contributed by atoms with Crippen molar-refractivity contribution < 1.29 is 9.47 Å². The van der Waals surface area contributed by atoms with Crippen molar-refractivity contribution in [3.05, 3.63) is 34.9 Å². The summed E-state index contributed by atoms with van der Waals surface area (Å²) in [7, 11) is 0. The van der Waals surface area contributed by atoms with Crippen molar-refractivity contribution in [2.75, 3.05) is 12.5 Å². The van der Waals surface area contributed by atoms with Crippen LogP contribution in [0.25, 0.3) is 0 Å². The maximum absolute atomic E-state index is 6.00. The molecule has 0 saturated carbocycles. The van der Waals surface area contributed by atoms with E-state index in [2.05, 4.69) is 0 Å². The number of hydrogen-bond donors (Lipinski definition) is 0. The predicted octanol–water partition coefficient (Wildman–Crippen LogP) is 2.99. The van der Waals surface area contributed by atoms with Crippen LogP contribution >= 0.6 is 23.2 Å². The number of halogens is 2. The van der Waals surface area contributed by atoms with E-state index in [4.69, 9.17) is 32.7 Å². The minimum absolute atomic E-state index is 0.0297. The summed E-state index contributed by atoms with van der Waals surface area (Å²) in [4.78, 5) is 0. The van der Waals surface area contributed by atoms with Gasteiger partial charge in [0.2, 0.25) is 0 Å². The molecular formula is C10H10Cl2O2. The van der Waals surface area contributed by atoms with Gasteiger partial charge in [0.25, 0.3) is 0 Å². The summed E-state index contributed by atoms with van der Waals surface area (Å²) in [5.41, 5.74) is 0.863. The molecule has 0 amide bonds. The Balaban J connectivity index is 2.13. The number of ether oxygens (including phenoxy) is 2. The van der Waals surface area contributed by atoms with Gasteiger partial charge in [-0.15, -0.1) is 11.6 Å². The van der Waals surface area contributed by atoms with Crippen LogP contribution in [0.15, 0.2) is 24.3 Å². The average molecular weight is 233 g/mol. The molecule has 1 aromatic carbocycles. The Bertz CT molecular complexity index is 317. The highest BCUT2D eigenvalue weighted by molar-refractivity contribution is 6.31. The Morgan fingerprint density at radius 3 is 2.79 bits per heavy atom. The molecule has 1 aliphatic rings. The molecule has 2 atom stereocenters. The third kappa shape index (κ3) is 2.04. The first kappa shape index (κ1) is 10.2. The van der Waals surface area contributed by atoms with Gasteiger partial charge in [-0.05, 0) is 6.07 Å². The van der Waals surface area contributed by atoms with Gasteiger partial charge < -0.3 is 9.47 Å². The Kier molecular flexibility index (Phi) is 3.29. The molecule has 1 heterocycles. The van der Waals surface area contributed by atoms with Gasteiger partial charge >= 0.3 is 0 Å². The van der Waals surface area contributed by atoms with E-state index in [-0.39, 0.29) is 12.4 Å². The number of benzene rings is 1. The second-order valence-corrected chi connectivity index (χ2v) is 3.81. The fourth-order valence-electron chi connectivity index (χ4n) is 1.36. The van der Waals surface area contributed by atoms with Crippen molar-refractivity contribution in [3.63, 3.8) is 0 Å². The minimum atomic E-state index is -0.368. The molecule has 2 nitrogen and oxygen atoms in total. The van der Waals surface area contributed by atoms with E-state index in [9.17, 15) is 0 Å². The summed E-state index contributed by atoms with van der Waals surface area (Å²) in [6.45, 7) is 0.527. The lowest BCUT2D eigenvalue weighted by atomic mass is 10.2. The summed E-state index contributed by atoms with van der Waals surface area (Å²) in [6.07, 6.45) is -0.398. The summed E-state index contributed by atoms with van der Waals surface area (Å²) in [5, 5.41) is 0.660. The van der Waals surface area contributed by atoms with E-state index >= 15 is 0 Å². The zero-order valence-corrected chi connectivity index (χ0v) is 8.96. The van der Waals surface area contributed by atoms with E-state index in [0.717, 1.165) is 5.56 Å². The first-order valence-corrected chi connectivity index (χ1v) is 5.30. The molecule has 1 aliphatic heterocycles. The van der Waals surface area contributed by atoms with E-state index in [0.29, 0.717) is 17.5 Å². The van der Waals surface area contributed by atoms with Crippen LogP contribution in [0.3, 0.4) is 0 Å². The molecule has 0 aromatic heterocycles. The van der Waals surface area contributed by atoms with Crippen LogP contribution in [0, 0.1) is 0 Å². The topological polar surface area (TPSA) is 18.5 Å². The van der Waals surface area contributed by atoms with Crippen molar-refractivity contribution in [1.82, 2.24) is 0 Å². The zero-order chi connectivity index (χ0) is 9.97. The van der Waals surface area contributed by atoms with Gasteiger partial charge in [-0.25, -0.2) is 0 Å². The highest BCUT2D eigenvalue weighted by Gasteiger charge is 2.27. The van der Waals surface area contributed by atoms with E-state index < -0.39 is 0 Å². The lowest BCUT2D eigenvalue weighted by Crippen LogP contribution is -2.10. The fourth-order valence-corrected chi connectivity index (χ4v) is 1.74. The smallest absolute Gasteiger partial charge is 0.185 e. The third-order valence-electron chi connectivity index (χ3n) is 2.08. The van der Waals surface area contributed by atoms with Crippen molar-refractivity contribution in [2.24, 2.45) is 0 Å². The summed E-state index contributed by atoms with van der Waals surface area (Å²) >= 11 is 11.7. The van der Waals surface area contributed by atoms with Gasteiger partial charge in [-0.1, -0.05) is 29.8 Å². The molecule has 14 heavy (non-hydrogen) atoms. The van der Waals surface area contributed by atoms with E-state index in [1.54, 1.807) is 0 Å². The molecule has 76 valence electrons. The fraction of sp³-hybridized carbons (Fsp3) is 0.400. The molecule has 1 saturated heterocycles. The van der Waals surface area contributed by atoms with Crippen LogP contribution in [-0.4, -0.2) is 18.6 Å². The van der Waals surface area contributed by atoms with Crippen molar-refractivity contribution in [3.8, 4) is 0 Å². The van der Waals surface area contributed by atoms with E-state index in [1.165, 1.54) is 0 Å². The molecule has 4 heteroatoms. The maximum atomic E-state index is 6.00. The first-order valence-electron chi connectivity index (χ1n) is 4.38. The summed E-state index contributed by atoms with van der Waals surface area (Å²) in [5.74, 6) is 0.445. The lowest BCUT2D eigenvalue weighted by Gasteiger charge is -2.11. The average Bonchev–Trinajstić information content (AvgIpc) is 2.67. The third-order valence-corrected chi connectivity index (χ3v) is 2.77. The van der Waals surface area contributed by atoms with Crippen LogP contribution in [0.1, 0.15) is 11.9 Å². The molecule has 1 fully saturated rings. The molecule has 0 bridgehead atoms. The van der Waals surface area contributed by atoms with Crippen LogP contribution in [0.5, 0.6) is 0 Å². The monoisotopic (exact) mass is 232 g/mol. The second-order valence-electron chi connectivity index (χ2n) is 3.10. The van der Waals surface area contributed by atoms with Gasteiger partial charge in [-0.2, -0.15) is 0 Å². The second kappa shape index (κ2) is 4.49. The molecule has 0 radical (unpaired) electrons. The van der Waals surface area contributed by atoms with Crippen molar-refractivity contribution in [1.29, 1.82) is 0 Å². The molecular weight excluding hydrogens is 223 g/mol. The van der Waals surface area contributed by atoms with Crippen LogP contribution in [0.2, 0.25) is 5.02 Å². The Morgan fingerprint density at radius 2 is 2.14 bits per heavy atom. The molecule has 0 spiro atoms. The Morgan fingerprint density at radius 1 is 1.36 bits per heavy atom. The number of alkyl halides is 1. The number of hydrogen-bond acceptors (Lipinski definition) is 2. The predicted molar refractivity (Wildman–Crippen MR) is 55.7 cm³/mol. The highest BCUT2D eigenvalue weighted by atomic mass is 35.5. The maximum Gasteiger partial charge on any atom is 0.185 e. The largest absolute Gasteiger partial charge is 0.346 e. The standard InChI is InChI=1S/C10H10Cl2O2/c11-5-7-6-13-10(14-7)8-3-1-2-4-9(8)12/h1-4,7,10H,5-6H2/t7-,10-/m0/s1. The molecule has 0 aliphatic carbocycles. The van der Waals surface area contributed by atoms with Crippen LogP contribution in [0.4, 0.5) is 0 Å². The van der Waals surface area contributed by atoms with Crippen molar-refractivity contribution >= 4 is 23.2 Å². The van der Waals surface area contributed by atoms with Gasteiger partial charge in [0.1, 0.15) is 0 Å². The normalized spacial score (nSPS) is 26.7. The SMILES string of the molecule is ClC[C@H]1CO[C@H](c2ccccc2Cl)O1. The van der Waals surface area contributed by atoms with E-state index in [1.807, 2.05) is 24.3 Å². The summed E-state index contributed by atoms with van der Waals surface area (Å²) < 4.78 is 11.0.